The Kier molecular flexibility index (Phi) is 1.60. The summed E-state index contributed by atoms with van der Waals surface area (Å²) in [6, 6.07) is -0.228. The lowest BCUT2D eigenvalue weighted by molar-refractivity contribution is -0.156. The predicted molar refractivity (Wildman–Crippen MR) is 49.5 cm³/mol. The normalized spacial score (nSPS) is 36.3. The molecule has 0 bridgehead atoms. The van der Waals surface area contributed by atoms with Gasteiger partial charge in [-0.1, -0.05) is 0 Å². The Bertz CT molecular complexity index is 248. The van der Waals surface area contributed by atoms with Crippen molar-refractivity contribution in [3.05, 3.63) is 0 Å². The predicted octanol–water partition coefficient (Wildman–Crippen LogP) is -0.0180. The molecule has 3 saturated heterocycles. The fourth-order valence-electron chi connectivity index (χ4n) is 2.96. The van der Waals surface area contributed by atoms with Crippen molar-refractivity contribution in [1.82, 2.24) is 9.80 Å². The highest BCUT2D eigenvalue weighted by atomic mass is 16.2. The molecule has 2 atom stereocenters. The smallest absolute Gasteiger partial charge is 0.246 e. The van der Waals surface area contributed by atoms with Crippen LogP contribution in [-0.2, 0) is 9.59 Å². The van der Waals surface area contributed by atoms with Gasteiger partial charge in [-0.25, -0.2) is 0 Å². The lowest BCUT2D eigenvalue weighted by atomic mass is 10.1. The summed E-state index contributed by atoms with van der Waals surface area (Å²) in [6.07, 6.45) is 3.72. The summed E-state index contributed by atoms with van der Waals surface area (Å²) < 4.78 is 0. The van der Waals surface area contributed by atoms with Crippen LogP contribution in [0.15, 0.2) is 0 Å². The van der Waals surface area contributed by atoms with Crippen LogP contribution in [0.5, 0.6) is 0 Å². The summed E-state index contributed by atoms with van der Waals surface area (Å²) in [5.74, 6) is 0.397. The minimum atomic E-state index is -0.114. The molecule has 3 aliphatic rings. The number of hydrogen-bond acceptors (Lipinski definition) is 2. The number of piperazine rings is 1. The molecule has 0 aromatic carbocycles. The zero-order chi connectivity index (χ0) is 9.71. The summed E-state index contributed by atoms with van der Waals surface area (Å²) in [6.45, 7) is 1.58. The second-order valence-electron chi connectivity index (χ2n) is 4.38. The first-order valence-electron chi connectivity index (χ1n) is 5.40. The summed E-state index contributed by atoms with van der Waals surface area (Å²) in [7, 11) is 0. The molecule has 3 fully saturated rings. The Labute approximate surface area is 82.8 Å². The molecule has 0 unspecified atom stereocenters. The van der Waals surface area contributed by atoms with Gasteiger partial charge in [0.25, 0.3) is 0 Å². The van der Waals surface area contributed by atoms with E-state index >= 15 is 0 Å². The molecule has 0 aromatic rings. The van der Waals surface area contributed by atoms with Gasteiger partial charge in [-0.2, -0.15) is 0 Å². The standard InChI is InChI=1S/C10H14N2O2/c13-9-7-3-1-5-11(7)10(14)8-4-2-6-12(8)9/h7-8H,1-6H2/t7-,8-/m1/s1. The van der Waals surface area contributed by atoms with Crippen molar-refractivity contribution in [2.75, 3.05) is 13.1 Å². The molecule has 4 heteroatoms. The average molecular weight is 194 g/mol. The highest BCUT2D eigenvalue weighted by Gasteiger charge is 2.49. The van der Waals surface area contributed by atoms with Crippen LogP contribution in [0.1, 0.15) is 25.7 Å². The van der Waals surface area contributed by atoms with Gasteiger partial charge in [0.15, 0.2) is 0 Å². The minimum absolute atomic E-state index is 0.114. The molecule has 0 aliphatic carbocycles. The van der Waals surface area contributed by atoms with E-state index in [0.29, 0.717) is 0 Å². The van der Waals surface area contributed by atoms with E-state index in [1.54, 1.807) is 9.80 Å². The molecule has 0 N–H and O–H groups in total. The van der Waals surface area contributed by atoms with Crippen molar-refractivity contribution >= 4 is 11.8 Å². The summed E-state index contributed by atoms with van der Waals surface area (Å²) in [5, 5.41) is 0. The number of carbonyl (C=O) groups is 2. The third kappa shape index (κ3) is 0.885. The van der Waals surface area contributed by atoms with Crippen molar-refractivity contribution in [3.8, 4) is 0 Å². The van der Waals surface area contributed by atoms with Crippen LogP contribution < -0.4 is 0 Å². The molecule has 14 heavy (non-hydrogen) atoms. The van der Waals surface area contributed by atoms with E-state index in [0.717, 1.165) is 38.8 Å². The van der Waals surface area contributed by atoms with Crippen LogP contribution in [0, 0.1) is 0 Å². The summed E-state index contributed by atoms with van der Waals surface area (Å²) >= 11 is 0. The van der Waals surface area contributed by atoms with Gasteiger partial charge < -0.3 is 9.80 Å². The van der Waals surface area contributed by atoms with Crippen molar-refractivity contribution in [1.29, 1.82) is 0 Å². The molecule has 0 radical (unpaired) electrons. The third-order valence-electron chi connectivity index (χ3n) is 3.64. The van der Waals surface area contributed by atoms with Crippen molar-refractivity contribution in [3.63, 3.8) is 0 Å². The van der Waals surface area contributed by atoms with Gasteiger partial charge in [-0.05, 0) is 25.7 Å². The molecule has 3 heterocycles. The molecule has 4 nitrogen and oxygen atoms in total. The van der Waals surface area contributed by atoms with Gasteiger partial charge in [0.05, 0.1) is 0 Å². The van der Waals surface area contributed by atoms with E-state index < -0.39 is 0 Å². The third-order valence-corrected chi connectivity index (χ3v) is 3.64. The fraction of sp³-hybridized carbons (Fsp3) is 0.800. The van der Waals surface area contributed by atoms with Crippen molar-refractivity contribution in [2.45, 2.75) is 37.8 Å². The van der Waals surface area contributed by atoms with Crippen LogP contribution in [-0.4, -0.2) is 46.8 Å². The first kappa shape index (κ1) is 8.26. The first-order valence-corrected chi connectivity index (χ1v) is 5.40. The quantitative estimate of drug-likeness (QED) is 0.544. The van der Waals surface area contributed by atoms with Gasteiger partial charge in [0, 0.05) is 13.1 Å². The summed E-state index contributed by atoms with van der Waals surface area (Å²) in [5.41, 5.74) is 0. The van der Waals surface area contributed by atoms with Crippen LogP contribution in [0.4, 0.5) is 0 Å². The molecule has 3 aliphatic heterocycles. The molecule has 3 rings (SSSR count). The van der Waals surface area contributed by atoms with Gasteiger partial charge >= 0.3 is 0 Å². The number of nitrogens with zero attached hydrogens (tertiary/aromatic N) is 2. The van der Waals surface area contributed by atoms with E-state index in [4.69, 9.17) is 0 Å². The first-order chi connectivity index (χ1) is 6.79. The second kappa shape index (κ2) is 2.72. The maximum Gasteiger partial charge on any atom is 0.246 e. The van der Waals surface area contributed by atoms with Crippen molar-refractivity contribution in [2.24, 2.45) is 0 Å². The minimum Gasteiger partial charge on any atom is -0.329 e. The van der Waals surface area contributed by atoms with E-state index in [1.807, 2.05) is 0 Å². The number of amides is 2. The fourth-order valence-corrected chi connectivity index (χ4v) is 2.96. The molecule has 0 spiro atoms. The van der Waals surface area contributed by atoms with E-state index in [2.05, 4.69) is 0 Å². The maximum absolute atomic E-state index is 12.0. The topological polar surface area (TPSA) is 40.6 Å². The summed E-state index contributed by atoms with van der Waals surface area (Å²) in [4.78, 5) is 27.5. The monoisotopic (exact) mass is 194 g/mol. The molecule has 2 amide bonds. The van der Waals surface area contributed by atoms with Crippen LogP contribution in [0.3, 0.4) is 0 Å². The lowest BCUT2D eigenvalue weighted by Crippen LogP contribution is -2.60. The maximum atomic E-state index is 12.0. The van der Waals surface area contributed by atoms with Crippen molar-refractivity contribution < 1.29 is 9.59 Å². The lowest BCUT2D eigenvalue weighted by Gasteiger charge is -2.38. The number of rotatable bonds is 0. The van der Waals surface area contributed by atoms with Crippen LogP contribution in [0.2, 0.25) is 0 Å². The highest BCUT2D eigenvalue weighted by molar-refractivity contribution is 5.97. The zero-order valence-corrected chi connectivity index (χ0v) is 8.11. The Morgan fingerprint density at radius 3 is 1.71 bits per heavy atom. The largest absolute Gasteiger partial charge is 0.329 e. The molecule has 0 aromatic heterocycles. The van der Waals surface area contributed by atoms with E-state index in [9.17, 15) is 9.59 Å². The van der Waals surface area contributed by atoms with E-state index in [-0.39, 0.29) is 23.9 Å². The highest BCUT2D eigenvalue weighted by Crippen LogP contribution is 2.31. The molecular weight excluding hydrogens is 180 g/mol. The Balaban J connectivity index is 1.96. The Morgan fingerprint density at radius 2 is 1.29 bits per heavy atom. The second-order valence-corrected chi connectivity index (χ2v) is 4.38. The van der Waals surface area contributed by atoms with Gasteiger partial charge in [-0.3, -0.25) is 9.59 Å². The molecular formula is C10H14N2O2. The van der Waals surface area contributed by atoms with Gasteiger partial charge in [-0.15, -0.1) is 0 Å². The van der Waals surface area contributed by atoms with Crippen LogP contribution in [0.25, 0.3) is 0 Å². The average Bonchev–Trinajstić information content (AvgIpc) is 2.82. The zero-order valence-electron chi connectivity index (χ0n) is 8.11. The van der Waals surface area contributed by atoms with Crippen LogP contribution >= 0.6 is 0 Å². The van der Waals surface area contributed by atoms with Gasteiger partial charge in [0.1, 0.15) is 12.1 Å². The SMILES string of the molecule is O=C1[C@H]2CCCN2C(=O)[C@H]2CCCN12. The van der Waals surface area contributed by atoms with E-state index in [1.165, 1.54) is 0 Å². The Hall–Kier alpha value is -1.06. The number of hydrogen-bond donors (Lipinski definition) is 0. The Morgan fingerprint density at radius 1 is 0.857 bits per heavy atom. The number of carbonyl (C=O) groups excluding carboxylic acids is 2. The number of fused-ring (bicyclic) bond motifs is 2. The van der Waals surface area contributed by atoms with Gasteiger partial charge in [0.2, 0.25) is 11.8 Å². The molecule has 0 saturated carbocycles. The molecule has 76 valence electrons.